The number of hydrogen-bond donors (Lipinski definition) is 1. The molecule has 0 spiro atoms. The van der Waals surface area contributed by atoms with E-state index in [0.717, 1.165) is 34.2 Å². The molecule has 0 amide bonds. The molecule has 0 aliphatic rings. The van der Waals surface area contributed by atoms with Crippen LogP contribution in [-0.4, -0.2) is 17.0 Å². The molecule has 0 saturated carbocycles. The van der Waals surface area contributed by atoms with Gasteiger partial charge >= 0.3 is 0 Å². The van der Waals surface area contributed by atoms with Gasteiger partial charge in [-0.3, -0.25) is 0 Å². The molecule has 0 fully saturated rings. The average Bonchev–Trinajstić information content (AvgIpc) is 2.87. The summed E-state index contributed by atoms with van der Waals surface area (Å²) in [7, 11) is 1.85. The van der Waals surface area contributed by atoms with E-state index in [2.05, 4.69) is 21.4 Å². The number of anilines is 1. The van der Waals surface area contributed by atoms with Crippen molar-refractivity contribution in [2.24, 2.45) is 0 Å². The summed E-state index contributed by atoms with van der Waals surface area (Å²) < 4.78 is 0. The molecule has 0 aliphatic carbocycles. The Morgan fingerprint density at radius 1 is 1.39 bits per heavy atom. The third-order valence-corrected chi connectivity index (χ3v) is 3.69. The fourth-order valence-corrected chi connectivity index (χ4v) is 2.58. The molecule has 0 atom stereocenters. The molecule has 2 rings (SSSR count). The second-order valence-electron chi connectivity index (χ2n) is 3.84. The Labute approximate surface area is 110 Å². The molecule has 5 heteroatoms. The number of thiophene rings is 1. The van der Waals surface area contributed by atoms with Crippen LogP contribution in [-0.2, 0) is 6.42 Å². The second-order valence-corrected chi connectivity index (χ2v) is 4.93. The first-order valence-electron chi connectivity index (χ1n) is 5.75. The highest BCUT2D eigenvalue weighted by Gasteiger charge is 2.13. The van der Waals surface area contributed by atoms with E-state index in [-0.39, 0.29) is 0 Å². The number of hydrogen-bond acceptors (Lipinski definition) is 5. The quantitative estimate of drug-likeness (QED) is 0.919. The first kappa shape index (κ1) is 12.5. The minimum Gasteiger partial charge on any atom is -0.373 e. The zero-order valence-corrected chi connectivity index (χ0v) is 11.4. The summed E-state index contributed by atoms with van der Waals surface area (Å²) in [6.45, 7) is 4.02. The van der Waals surface area contributed by atoms with Crippen molar-refractivity contribution in [1.82, 2.24) is 9.97 Å². The van der Waals surface area contributed by atoms with Crippen molar-refractivity contribution in [1.29, 1.82) is 5.26 Å². The molecular weight excluding hydrogens is 244 g/mol. The third kappa shape index (κ3) is 2.20. The van der Waals surface area contributed by atoms with Gasteiger partial charge in [-0.2, -0.15) is 5.26 Å². The minimum atomic E-state index is 0.701. The van der Waals surface area contributed by atoms with E-state index in [1.807, 2.05) is 33.0 Å². The van der Waals surface area contributed by atoms with Gasteiger partial charge in [-0.25, -0.2) is 9.97 Å². The van der Waals surface area contributed by atoms with Gasteiger partial charge in [0, 0.05) is 19.0 Å². The molecule has 18 heavy (non-hydrogen) atoms. The van der Waals surface area contributed by atoms with Gasteiger partial charge in [0.05, 0.1) is 10.6 Å². The number of aryl methyl sites for hydroxylation is 1. The van der Waals surface area contributed by atoms with Gasteiger partial charge in [-0.05, 0) is 19.1 Å². The van der Waals surface area contributed by atoms with Crippen LogP contribution in [0.3, 0.4) is 0 Å². The molecular formula is C13H14N4S. The smallest absolute Gasteiger partial charge is 0.133 e. The van der Waals surface area contributed by atoms with E-state index in [4.69, 9.17) is 5.26 Å². The lowest BCUT2D eigenvalue weighted by molar-refractivity contribution is 0.937. The van der Waals surface area contributed by atoms with E-state index >= 15 is 0 Å². The van der Waals surface area contributed by atoms with E-state index < -0.39 is 0 Å². The van der Waals surface area contributed by atoms with Crippen molar-refractivity contribution in [3.63, 3.8) is 0 Å². The first-order valence-corrected chi connectivity index (χ1v) is 6.56. The summed E-state index contributed by atoms with van der Waals surface area (Å²) in [4.78, 5) is 10.7. The fraction of sp³-hybridized carbons (Fsp3) is 0.308. The highest BCUT2D eigenvalue weighted by atomic mass is 32.1. The average molecular weight is 258 g/mol. The SMILES string of the molecule is CCc1nc(NC)c(C)c(-c2ccc(C#N)s2)n1. The Bertz CT molecular complexity index is 610. The predicted molar refractivity (Wildman–Crippen MR) is 73.7 cm³/mol. The lowest BCUT2D eigenvalue weighted by Gasteiger charge is -2.10. The minimum absolute atomic E-state index is 0.701. The highest BCUT2D eigenvalue weighted by Crippen LogP contribution is 2.31. The second kappa shape index (κ2) is 5.15. The van der Waals surface area contributed by atoms with E-state index in [0.29, 0.717) is 4.88 Å². The fourth-order valence-electron chi connectivity index (χ4n) is 1.73. The van der Waals surface area contributed by atoms with Crippen LogP contribution in [0.5, 0.6) is 0 Å². The van der Waals surface area contributed by atoms with Crippen LogP contribution in [0.4, 0.5) is 5.82 Å². The summed E-state index contributed by atoms with van der Waals surface area (Å²) in [5, 5.41) is 12.0. The summed E-state index contributed by atoms with van der Waals surface area (Å²) in [5.41, 5.74) is 1.93. The van der Waals surface area contributed by atoms with Gasteiger partial charge < -0.3 is 5.32 Å². The van der Waals surface area contributed by atoms with Crippen LogP contribution in [0.2, 0.25) is 0 Å². The summed E-state index contributed by atoms with van der Waals surface area (Å²) in [5.74, 6) is 1.66. The van der Waals surface area contributed by atoms with Crippen LogP contribution in [0.15, 0.2) is 12.1 Å². The highest BCUT2D eigenvalue weighted by molar-refractivity contribution is 7.16. The molecule has 1 N–H and O–H groups in total. The van der Waals surface area contributed by atoms with Crippen molar-refractivity contribution < 1.29 is 0 Å². The molecule has 2 heterocycles. The Balaban J connectivity index is 2.59. The Morgan fingerprint density at radius 2 is 2.17 bits per heavy atom. The van der Waals surface area contributed by atoms with Crippen molar-refractivity contribution in [2.45, 2.75) is 20.3 Å². The maximum Gasteiger partial charge on any atom is 0.133 e. The largest absolute Gasteiger partial charge is 0.373 e. The van der Waals surface area contributed by atoms with Gasteiger partial charge in [0.1, 0.15) is 22.6 Å². The zero-order valence-electron chi connectivity index (χ0n) is 10.6. The number of nitriles is 1. The normalized spacial score (nSPS) is 10.1. The summed E-state index contributed by atoms with van der Waals surface area (Å²) in [6.07, 6.45) is 0.790. The van der Waals surface area contributed by atoms with Gasteiger partial charge in [0.15, 0.2) is 0 Å². The van der Waals surface area contributed by atoms with E-state index in [1.54, 1.807) is 0 Å². The molecule has 0 aromatic carbocycles. The standard InChI is InChI=1S/C13H14N4S/c1-4-11-16-12(8(2)13(15-3)17-11)10-6-5-9(7-14)18-10/h5-6H,4H2,1-3H3,(H,15,16,17). The number of aromatic nitrogens is 2. The molecule has 0 radical (unpaired) electrons. The van der Waals surface area contributed by atoms with Gasteiger partial charge in [0.25, 0.3) is 0 Å². The van der Waals surface area contributed by atoms with Crippen LogP contribution >= 0.6 is 11.3 Å². The zero-order chi connectivity index (χ0) is 13.1. The van der Waals surface area contributed by atoms with Gasteiger partial charge in [-0.15, -0.1) is 11.3 Å². The third-order valence-electron chi connectivity index (χ3n) is 2.69. The molecule has 2 aromatic heterocycles. The number of nitrogens with one attached hydrogen (secondary N) is 1. The monoisotopic (exact) mass is 258 g/mol. The predicted octanol–water partition coefficient (Wildman–Crippen LogP) is 2.99. The Morgan fingerprint density at radius 3 is 2.72 bits per heavy atom. The lowest BCUT2D eigenvalue weighted by Crippen LogP contribution is -2.04. The first-order chi connectivity index (χ1) is 8.69. The van der Waals surface area contributed by atoms with Crippen molar-refractivity contribution in [3.8, 4) is 16.6 Å². The van der Waals surface area contributed by atoms with Crippen LogP contribution in [0, 0.1) is 18.3 Å². The summed E-state index contributed by atoms with van der Waals surface area (Å²) in [6, 6.07) is 5.92. The van der Waals surface area contributed by atoms with E-state index in [9.17, 15) is 0 Å². The number of nitrogens with zero attached hydrogens (tertiary/aromatic N) is 3. The van der Waals surface area contributed by atoms with Crippen molar-refractivity contribution in [3.05, 3.63) is 28.4 Å². The van der Waals surface area contributed by atoms with E-state index in [1.165, 1.54) is 11.3 Å². The number of rotatable bonds is 3. The molecule has 0 saturated heterocycles. The topological polar surface area (TPSA) is 61.6 Å². The van der Waals surface area contributed by atoms with Gasteiger partial charge in [-0.1, -0.05) is 6.92 Å². The maximum absolute atomic E-state index is 8.88. The maximum atomic E-state index is 8.88. The Kier molecular flexibility index (Phi) is 3.58. The molecule has 4 nitrogen and oxygen atoms in total. The van der Waals surface area contributed by atoms with Crippen LogP contribution < -0.4 is 5.32 Å². The lowest BCUT2D eigenvalue weighted by atomic mass is 10.2. The molecule has 0 unspecified atom stereocenters. The van der Waals surface area contributed by atoms with Gasteiger partial charge in [0.2, 0.25) is 0 Å². The van der Waals surface area contributed by atoms with Crippen molar-refractivity contribution >= 4 is 17.2 Å². The Hall–Kier alpha value is -1.93. The molecule has 92 valence electrons. The summed E-state index contributed by atoms with van der Waals surface area (Å²) >= 11 is 1.46. The molecule has 2 aromatic rings. The van der Waals surface area contributed by atoms with Crippen LogP contribution in [0.1, 0.15) is 23.2 Å². The molecule has 0 bridgehead atoms. The molecule has 0 aliphatic heterocycles. The van der Waals surface area contributed by atoms with Crippen molar-refractivity contribution in [2.75, 3.05) is 12.4 Å². The van der Waals surface area contributed by atoms with Crippen LogP contribution in [0.25, 0.3) is 10.6 Å².